The molecule has 0 aromatic heterocycles. The van der Waals surface area contributed by atoms with E-state index in [0.29, 0.717) is 0 Å². The predicted molar refractivity (Wildman–Crippen MR) is 61.1 cm³/mol. The van der Waals surface area contributed by atoms with Crippen LogP contribution in [0.25, 0.3) is 0 Å². The molecule has 1 rings (SSSR count). The highest BCUT2D eigenvalue weighted by atomic mass is 27.0. The first kappa shape index (κ1) is 15.0. The van der Waals surface area contributed by atoms with Crippen LogP contribution in [-0.2, 0) is 0 Å². The van der Waals surface area contributed by atoms with Gasteiger partial charge < -0.3 is 0 Å². The van der Waals surface area contributed by atoms with Gasteiger partial charge in [0.05, 0.1) is 14.8 Å². The molecular formula is C7H8AlN3O6. The maximum Gasteiger partial charge on any atom is 0.422 e. The largest absolute Gasteiger partial charge is 0.422 e. The van der Waals surface area contributed by atoms with Gasteiger partial charge in [-0.15, -0.1) is 0 Å². The van der Waals surface area contributed by atoms with Crippen LogP contribution in [-0.4, -0.2) is 32.1 Å². The third-order valence-corrected chi connectivity index (χ3v) is 1.89. The van der Waals surface area contributed by atoms with Crippen molar-refractivity contribution in [1.29, 1.82) is 0 Å². The average Bonchev–Trinajstić information content (AvgIpc) is 2.15. The van der Waals surface area contributed by atoms with E-state index >= 15 is 0 Å². The van der Waals surface area contributed by atoms with E-state index in [-0.39, 0.29) is 22.9 Å². The van der Waals surface area contributed by atoms with Crippen molar-refractivity contribution in [3.8, 4) is 0 Å². The van der Waals surface area contributed by atoms with Crippen molar-refractivity contribution in [3.05, 3.63) is 48.0 Å². The van der Waals surface area contributed by atoms with Gasteiger partial charge in [0, 0.05) is 11.6 Å². The summed E-state index contributed by atoms with van der Waals surface area (Å²) in [6, 6.07) is 1.98. The van der Waals surface area contributed by atoms with Gasteiger partial charge in [-0.05, 0) is 13.0 Å². The molecule has 0 aliphatic rings. The minimum absolute atomic E-state index is 0. The van der Waals surface area contributed by atoms with Crippen LogP contribution in [0.5, 0.6) is 0 Å². The van der Waals surface area contributed by atoms with Gasteiger partial charge in [-0.25, -0.2) is 0 Å². The van der Waals surface area contributed by atoms with E-state index in [2.05, 4.69) is 0 Å². The van der Waals surface area contributed by atoms with Crippen molar-refractivity contribution in [3.63, 3.8) is 0 Å². The molecule has 1 aromatic rings. The Balaban J connectivity index is 0.00000256. The van der Waals surface area contributed by atoms with Crippen LogP contribution in [0, 0.1) is 37.3 Å². The lowest BCUT2D eigenvalue weighted by Crippen LogP contribution is -2.02. The first-order chi connectivity index (χ1) is 7.36. The summed E-state index contributed by atoms with van der Waals surface area (Å²) in [5.41, 5.74) is -2.82. The summed E-state index contributed by atoms with van der Waals surface area (Å²) in [6.07, 6.45) is 0. The molecule has 1 aromatic carbocycles. The summed E-state index contributed by atoms with van der Waals surface area (Å²) in [5.74, 6) is 0. The lowest BCUT2D eigenvalue weighted by molar-refractivity contribution is -0.441. The molecular weight excluding hydrogens is 249 g/mol. The van der Waals surface area contributed by atoms with Gasteiger partial charge in [0.15, 0.2) is 17.4 Å². The lowest BCUT2D eigenvalue weighted by atomic mass is 10.1. The number of rotatable bonds is 3. The molecule has 0 atom stereocenters. The van der Waals surface area contributed by atoms with E-state index < -0.39 is 31.8 Å². The third-order valence-electron chi connectivity index (χ3n) is 1.89. The second-order valence-corrected chi connectivity index (χ2v) is 2.87. The first-order valence-electron chi connectivity index (χ1n) is 3.93. The molecule has 0 unspecified atom stereocenters. The molecule has 0 N–H and O–H groups in total. The van der Waals surface area contributed by atoms with E-state index in [1.165, 1.54) is 6.92 Å². The molecule has 90 valence electrons. The Hall–Kier alpha value is -2.05. The van der Waals surface area contributed by atoms with Crippen LogP contribution in [0.4, 0.5) is 17.1 Å². The normalized spacial score (nSPS) is 9.24. The second-order valence-electron chi connectivity index (χ2n) is 2.87. The van der Waals surface area contributed by atoms with Crippen LogP contribution in [0.1, 0.15) is 5.56 Å². The molecule has 9 nitrogen and oxygen atoms in total. The fourth-order valence-corrected chi connectivity index (χ4v) is 1.23. The fraction of sp³-hybridized carbons (Fsp3) is 0.143. The molecule has 0 fully saturated rings. The summed E-state index contributed by atoms with van der Waals surface area (Å²) in [5, 5.41) is 31.7. The van der Waals surface area contributed by atoms with Gasteiger partial charge in [-0.3, -0.25) is 30.3 Å². The maximum absolute atomic E-state index is 10.6. The summed E-state index contributed by atoms with van der Waals surface area (Å²) in [6.45, 7) is 1.27. The van der Waals surface area contributed by atoms with E-state index in [1.54, 1.807) is 0 Å². The highest BCUT2D eigenvalue weighted by Crippen LogP contribution is 2.38. The van der Waals surface area contributed by atoms with Gasteiger partial charge in [0.25, 0.3) is 0 Å². The molecule has 10 heteroatoms. The van der Waals surface area contributed by atoms with E-state index in [0.717, 1.165) is 12.1 Å². The molecule has 0 aliphatic carbocycles. The smallest absolute Gasteiger partial charge is 0.258 e. The molecule has 0 aliphatic heterocycles. The predicted octanol–water partition coefficient (Wildman–Crippen LogP) is 0.536. The Morgan fingerprint density at radius 2 is 1.35 bits per heavy atom. The molecule has 0 radical (unpaired) electrons. The summed E-state index contributed by atoms with van der Waals surface area (Å²) in [7, 11) is 0. The molecule has 0 saturated heterocycles. The van der Waals surface area contributed by atoms with Gasteiger partial charge in [-0.1, -0.05) is 0 Å². The van der Waals surface area contributed by atoms with Crippen molar-refractivity contribution in [2.24, 2.45) is 0 Å². The molecule has 0 amide bonds. The van der Waals surface area contributed by atoms with Gasteiger partial charge in [0.1, 0.15) is 0 Å². The Kier molecular flexibility index (Phi) is 4.69. The zero-order chi connectivity index (χ0) is 12.5. The topological polar surface area (TPSA) is 129 Å². The van der Waals surface area contributed by atoms with Crippen LogP contribution in [0.15, 0.2) is 12.1 Å². The van der Waals surface area contributed by atoms with Gasteiger partial charge >= 0.3 is 17.1 Å². The number of hydrogen-bond donors (Lipinski definition) is 0. The van der Waals surface area contributed by atoms with E-state index in [9.17, 15) is 30.3 Å². The average molecular weight is 257 g/mol. The summed E-state index contributed by atoms with van der Waals surface area (Å²) < 4.78 is 0. The van der Waals surface area contributed by atoms with E-state index in [1.807, 2.05) is 0 Å². The fourth-order valence-electron chi connectivity index (χ4n) is 1.23. The quantitative estimate of drug-likeness (QED) is 0.441. The van der Waals surface area contributed by atoms with Crippen molar-refractivity contribution in [2.75, 3.05) is 0 Å². The molecule has 17 heavy (non-hydrogen) atoms. The number of nitro groups is 3. The molecule has 0 bridgehead atoms. The SMILES string of the molecule is Cc1ccc([N+](=O)[O-])c([N+](=O)[O-])c1[N+](=O)[O-].[AlH3]. The van der Waals surface area contributed by atoms with Gasteiger partial charge in [-0.2, -0.15) is 0 Å². The number of aryl methyl sites for hydroxylation is 1. The van der Waals surface area contributed by atoms with Crippen molar-refractivity contribution in [1.82, 2.24) is 0 Å². The highest BCUT2D eigenvalue weighted by Gasteiger charge is 2.37. The Morgan fingerprint density at radius 3 is 1.71 bits per heavy atom. The van der Waals surface area contributed by atoms with Crippen molar-refractivity contribution < 1.29 is 14.8 Å². The Labute approximate surface area is 105 Å². The second kappa shape index (κ2) is 5.33. The van der Waals surface area contributed by atoms with Crippen LogP contribution in [0.2, 0.25) is 0 Å². The lowest BCUT2D eigenvalue weighted by Gasteiger charge is -1.98. The van der Waals surface area contributed by atoms with Gasteiger partial charge in [0.2, 0.25) is 0 Å². The van der Waals surface area contributed by atoms with Crippen LogP contribution < -0.4 is 0 Å². The zero-order valence-electron chi connectivity index (χ0n) is 7.95. The third kappa shape index (κ3) is 2.74. The Morgan fingerprint density at radius 1 is 0.882 bits per heavy atom. The summed E-state index contributed by atoms with van der Waals surface area (Å²) >= 11 is 0. The van der Waals surface area contributed by atoms with E-state index in [4.69, 9.17) is 0 Å². The molecule has 0 spiro atoms. The van der Waals surface area contributed by atoms with Crippen LogP contribution in [0.3, 0.4) is 0 Å². The first-order valence-corrected chi connectivity index (χ1v) is 3.93. The monoisotopic (exact) mass is 257 g/mol. The number of nitro benzene ring substituents is 3. The highest BCUT2D eigenvalue weighted by molar-refractivity contribution is 5.75. The minimum Gasteiger partial charge on any atom is -0.258 e. The number of hydrogen-bond acceptors (Lipinski definition) is 6. The molecule has 0 heterocycles. The minimum atomic E-state index is -1.12. The Bertz CT molecular complexity index is 503. The zero-order valence-corrected chi connectivity index (χ0v) is 7.95. The summed E-state index contributed by atoms with van der Waals surface area (Å²) in [4.78, 5) is 28.5. The van der Waals surface area contributed by atoms with Crippen molar-refractivity contribution >= 4 is 34.4 Å². The maximum atomic E-state index is 10.6. The van der Waals surface area contributed by atoms with Crippen molar-refractivity contribution in [2.45, 2.75) is 6.92 Å². The number of nitrogens with zero attached hydrogens (tertiary/aromatic N) is 3. The standard InChI is InChI=1S/C7H5N3O6.Al.3H/c1-4-2-3-5(8(11)12)7(10(15)16)6(4)9(13)14;;;;/h2-3H,1H3;;;;. The number of benzene rings is 1. The molecule has 0 saturated carbocycles. The van der Waals surface area contributed by atoms with Crippen LogP contribution >= 0.6 is 0 Å².